The van der Waals surface area contributed by atoms with Crippen molar-refractivity contribution in [2.75, 3.05) is 6.61 Å². The summed E-state index contributed by atoms with van der Waals surface area (Å²) in [6.45, 7) is 7.02. The number of amides is 1. The molecule has 4 nitrogen and oxygen atoms in total. The summed E-state index contributed by atoms with van der Waals surface area (Å²) in [4.78, 5) is 12.5. The highest BCUT2D eigenvalue weighted by atomic mass is 32.1. The third-order valence-corrected chi connectivity index (χ3v) is 4.42. The van der Waals surface area contributed by atoms with Gasteiger partial charge in [-0.3, -0.25) is 10.1 Å². The zero-order valence-corrected chi connectivity index (χ0v) is 17.0. The molecular weight excluding hydrogens is 356 g/mol. The Morgan fingerprint density at radius 3 is 2.52 bits per heavy atom. The van der Waals surface area contributed by atoms with Crippen molar-refractivity contribution >= 4 is 23.2 Å². The van der Waals surface area contributed by atoms with Crippen LogP contribution in [0.4, 0.5) is 0 Å². The number of ether oxygens (including phenoxy) is 1. The Balaban J connectivity index is 1.93. The van der Waals surface area contributed by atoms with Gasteiger partial charge < -0.3 is 10.1 Å². The van der Waals surface area contributed by atoms with Crippen molar-refractivity contribution in [2.24, 2.45) is 5.92 Å². The molecule has 0 aliphatic carbocycles. The maximum Gasteiger partial charge on any atom is 0.257 e. The summed E-state index contributed by atoms with van der Waals surface area (Å²) in [5.74, 6) is 1.03. The van der Waals surface area contributed by atoms with E-state index in [-0.39, 0.29) is 11.9 Å². The minimum absolute atomic E-state index is 0.0599. The SMILES string of the molecule is CCC(NC(=S)NC(=O)c1cccc(OCCC(C)C)c1)c1ccccc1. The smallest absolute Gasteiger partial charge is 0.257 e. The second kappa shape index (κ2) is 10.7. The molecule has 0 aliphatic heterocycles. The summed E-state index contributed by atoms with van der Waals surface area (Å²) in [5.41, 5.74) is 1.66. The van der Waals surface area contributed by atoms with Gasteiger partial charge in [0, 0.05) is 5.56 Å². The predicted octanol–water partition coefficient (Wildman–Crippen LogP) is 4.87. The molecule has 2 rings (SSSR count). The van der Waals surface area contributed by atoms with Gasteiger partial charge in [0.1, 0.15) is 5.75 Å². The molecule has 2 aromatic rings. The average Bonchev–Trinajstić information content (AvgIpc) is 2.66. The average molecular weight is 385 g/mol. The minimum atomic E-state index is -0.246. The lowest BCUT2D eigenvalue weighted by Crippen LogP contribution is -2.40. The summed E-state index contributed by atoms with van der Waals surface area (Å²) in [6, 6.07) is 17.3. The Hall–Kier alpha value is -2.40. The van der Waals surface area contributed by atoms with E-state index in [1.54, 1.807) is 12.1 Å². The van der Waals surface area contributed by atoms with Crippen molar-refractivity contribution in [3.05, 3.63) is 65.7 Å². The molecule has 1 unspecified atom stereocenters. The van der Waals surface area contributed by atoms with Crippen molar-refractivity contribution in [1.29, 1.82) is 0 Å². The van der Waals surface area contributed by atoms with Crippen molar-refractivity contribution in [3.8, 4) is 5.75 Å². The zero-order chi connectivity index (χ0) is 19.6. The highest BCUT2D eigenvalue weighted by molar-refractivity contribution is 7.80. The summed E-state index contributed by atoms with van der Waals surface area (Å²) in [7, 11) is 0. The monoisotopic (exact) mass is 384 g/mol. The normalized spacial score (nSPS) is 11.7. The quantitative estimate of drug-likeness (QED) is 0.638. The predicted molar refractivity (Wildman–Crippen MR) is 114 cm³/mol. The topological polar surface area (TPSA) is 50.4 Å². The fourth-order valence-corrected chi connectivity index (χ4v) is 2.85. The Bertz CT molecular complexity index is 747. The van der Waals surface area contributed by atoms with Crippen LogP contribution in [0, 0.1) is 5.92 Å². The Labute approximate surface area is 167 Å². The first-order chi connectivity index (χ1) is 13.0. The van der Waals surface area contributed by atoms with E-state index in [0.717, 1.165) is 18.4 Å². The number of nitrogens with one attached hydrogen (secondary N) is 2. The van der Waals surface area contributed by atoms with Crippen LogP contribution in [0.2, 0.25) is 0 Å². The van der Waals surface area contributed by atoms with E-state index in [1.165, 1.54) is 0 Å². The molecule has 27 heavy (non-hydrogen) atoms. The van der Waals surface area contributed by atoms with Gasteiger partial charge >= 0.3 is 0 Å². The number of rotatable bonds is 8. The molecule has 0 saturated carbocycles. The number of carbonyl (C=O) groups is 1. The zero-order valence-electron chi connectivity index (χ0n) is 16.2. The number of hydrogen-bond acceptors (Lipinski definition) is 3. The Morgan fingerprint density at radius 1 is 1.11 bits per heavy atom. The summed E-state index contributed by atoms with van der Waals surface area (Å²) in [6.07, 6.45) is 1.83. The van der Waals surface area contributed by atoms with Crippen LogP contribution in [-0.2, 0) is 0 Å². The molecule has 0 saturated heterocycles. The molecule has 0 bridgehead atoms. The van der Waals surface area contributed by atoms with Crippen molar-refractivity contribution < 1.29 is 9.53 Å². The maximum atomic E-state index is 12.5. The first kappa shape index (κ1) is 20.9. The molecule has 144 valence electrons. The van der Waals surface area contributed by atoms with Crippen LogP contribution in [-0.4, -0.2) is 17.6 Å². The van der Waals surface area contributed by atoms with Crippen molar-refractivity contribution in [3.63, 3.8) is 0 Å². The van der Waals surface area contributed by atoms with E-state index in [9.17, 15) is 4.79 Å². The molecule has 0 aliphatic rings. The third-order valence-electron chi connectivity index (χ3n) is 4.20. The number of benzene rings is 2. The summed E-state index contributed by atoms with van der Waals surface area (Å²) < 4.78 is 5.72. The van der Waals surface area contributed by atoms with Gasteiger partial charge in [0.15, 0.2) is 5.11 Å². The fraction of sp³-hybridized carbons (Fsp3) is 0.364. The summed E-state index contributed by atoms with van der Waals surface area (Å²) >= 11 is 5.33. The molecule has 1 atom stereocenters. The van der Waals surface area contributed by atoms with Crippen LogP contribution >= 0.6 is 12.2 Å². The number of hydrogen-bond donors (Lipinski definition) is 2. The highest BCUT2D eigenvalue weighted by Crippen LogP contribution is 2.16. The van der Waals surface area contributed by atoms with E-state index < -0.39 is 0 Å². The maximum absolute atomic E-state index is 12.5. The molecule has 0 spiro atoms. The van der Waals surface area contributed by atoms with E-state index in [1.807, 2.05) is 42.5 Å². The first-order valence-electron chi connectivity index (χ1n) is 9.39. The van der Waals surface area contributed by atoms with Crippen molar-refractivity contribution in [2.45, 2.75) is 39.7 Å². The molecule has 0 fully saturated rings. The van der Waals surface area contributed by atoms with Crippen LogP contribution in [0.1, 0.15) is 55.6 Å². The lowest BCUT2D eigenvalue weighted by Gasteiger charge is -2.19. The van der Waals surface area contributed by atoms with Crippen molar-refractivity contribution in [1.82, 2.24) is 10.6 Å². The van der Waals surface area contributed by atoms with Gasteiger partial charge in [-0.15, -0.1) is 0 Å². The Morgan fingerprint density at radius 2 is 1.85 bits per heavy atom. The van der Waals surface area contributed by atoms with Crippen LogP contribution in [0.25, 0.3) is 0 Å². The van der Waals surface area contributed by atoms with Crippen LogP contribution in [0.5, 0.6) is 5.75 Å². The molecular formula is C22H28N2O2S. The second-order valence-electron chi connectivity index (χ2n) is 6.86. The van der Waals surface area contributed by atoms with Gasteiger partial charge in [0.2, 0.25) is 0 Å². The summed E-state index contributed by atoms with van der Waals surface area (Å²) in [5, 5.41) is 6.29. The lowest BCUT2D eigenvalue weighted by molar-refractivity contribution is 0.0976. The van der Waals surface area contributed by atoms with Crippen LogP contribution in [0.3, 0.4) is 0 Å². The molecule has 5 heteroatoms. The van der Waals surface area contributed by atoms with E-state index in [0.29, 0.717) is 29.0 Å². The molecule has 0 heterocycles. The third kappa shape index (κ3) is 7.02. The van der Waals surface area contributed by atoms with E-state index in [4.69, 9.17) is 17.0 Å². The number of carbonyl (C=O) groups excluding carboxylic acids is 1. The van der Waals surface area contributed by atoms with Gasteiger partial charge in [-0.2, -0.15) is 0 Å². The standard InChI is InChI=1S/C22H28N2O2S/c1-4-20(17-9-6-5-7-10-17)23-22(27)24-21(25)18-11-8-12-19(15-18)26-14-13-16(2)3/h5-12,15-16,20H,4,13-14H2,1-3H3,(H2,23,24,25,27). The second-order valence-corrected chi connectivity index (χ2v) is 7.27. The molecule has 1 amide bonds. The van der Waals surface area contributed by atoms with Crippen LogP contribution in [0.15, 0.2) is 54.6 Å². The first-order valence-corrected chi connectivity index (χ1v) is 9.80. The molecule has 0 radical (unpaired) electrons. The lowest BCUT2D eigenvalue weighted by atomic mass is 10.1. The fourth-order valence-electron chi connectivity index (χ4n) is 2.62. The molecule has 2 N–H and O–H groups in total. The minimum Gasteiger partial charge on any atom is -0.494 e. The van der Waals surface area contributed by atoms with Gasteiger partial charge in [0.05, 0.1) is 12.6 Å². The van der Waals surface area contributed by atoms with Gasteiger partial charge in [0.25, 0.3) is 5.91 Å². The molecule has 0 aromatic heterocycles. The van der Waals surface area contributed by atoms with Gasteiger partial charge in [-0.1, -0.05) is 57.2 Å². The van der Waals surface area contributed by atoms with Gasteiger partial charge in [-0.05, 0) is 54.7 Å². The highest BCUT2D eigenvalue weighted by Gasteiger charge is 2.13. The Kier molecular flexibility index (Phi) is 8.27. The number of thiocarbonyl (C=S) groups is 1. The van der Waals surface area contributed by atoms with E-state index in [2.05, 4.69) is 31.4 Å². The van der Waals surface area contributed by atoms with Gasteiger partial charge in [-0.25, -0.2) is 0 Å². The molecule has 2 aromatic carbocycles. The van der Waals surface area contributed by atoms with E-state index >= 15 is 0 Å². The van der Waals surface area contributed by atoms with Crippen LogP contribution < -0.4 is 15.4 Å². The largest absolute Gasteiger partial charge is 0.494 e.